The van der Waals surface area contributed by atoms with Crippen LogP contribution in [-0.2, 0) is 19.4 Å². The van der Waals surface area contributed by atoms with Crippen molar-refractivity contribution in [2.75, 3.05) is 11.9 Å². The minimum absolute atomic E-state index is 0. The van der Waals surface area contributed by atoms with Gasteiger partial charge in [-0.05, 0) is 37.3 Å². The van der Waals surface area contributed by atoms with Gasteiger partial charge in [0.15, 0.2) is 12.4 Å². The van der Waals surface area contributed by atoms with Crippen LogP contribution in [0, 0.1) is 0 Å². The number of nitrogens with zero attached hydrogens (tertiary/aromatic N) is 3. The van der Waals surface area contributed by atoms with Gasteiger partial charge in [-0.25, -0.2) is 4.57 Å². The highest BCUT2D eigenvalue weighted by Crippen LogP contribution is 2.33. The van der Waals surface area contributed by atoms with Crippen LogP contribution in [0.15, 0.2) is 53.9 Å². The zero-order valence-corrected chi connectivity index (χ0v) is 17.4. The molecule has 2 N–H and O–H groups in total. The van der Waals surface area contributed by atoms with E-state index in [1.54, 1.807) is 0 Å². The lowest BCUT2D eigenvalue weighted by molar-refractivity contribution is -0.697. The summed E-state index contributed by atoms with van der Waals surface area (Å²) >= 11 is 0. The van der Waals surface area contributed by atoms with Crippen LogP contribution < -0.4 is 26.9 Å². The van der Waals surface area contributed by atoms with Gasteiger partial charge in [0.2, 0.25) is 0 Å². The fourth-order valence-corrected chi connectivity index (χ4v) is 3.82. The molecule has 0 fully saturated rings. The van der Waals surface area contributed by atoms with E-state index in [1.807, 2.05) is 24.5 Å². The molecule has 5 nitrogen and oxygen atoms in total. The summed E-state index contributed by atoms with van der Waals surface area (Å²) in [6.45, 7) is 1.86. The summed E-state index contributed by atoms with van der Waals surface area (Å²) < 4.78 is 2.15. The van der Waals surface area contributed by atoms with Gasteiger partial charge in [0.25, 0.3) is 0 Å². The largest absolute Gasteiger partial charge is 1.00 e. The Kier molecular flexibility index (Phi) is 6.98. The van der Waals surface area contributed by atoms with Crippen LogP contribution in [0.4, 0.5) is 5.69 Å². The summed E-state index contributed by atoms with van der Waals surface area (Å²) in [4.78, 5) is 4.90. The van der Waals surface area contributed by atoms with Crippen molar-refractivity contribution in [3.05, 3.63) is 65.6 Å². The maximum Gasteiger partial charge on any atom is 0.169 e. The molecule has 0 atom stereocenters. The van der Waals surface area contributed by atoms with Gasteiger partial charge in [-0.15, -0.1) is 0 Å². The molecule has 0 bridgehead atoms. The van der Waals surface area contributed by atoms with E-state index in [2.05, 4.69) is 39.3 Å². The number of hydrogen-bond donors (Lipinski definition) is 2. The molecule has 0 saturated heterocycles. The number of para-hydroxylation sites is 1. The van der Waals surface area contributed by atoms with Gasteiger partial charge >= 0.3 is 0 Å². The number of aryl methyl sites for hydroxylation is 2. The predicted octanol–water partition coefficient (Wildman–Crippen LogP) is 0.715. The Hall–Kier alpha value is -2.47. The highest BCUT2D eigenvalue weighted by molar-refractivity contribution is 5.93. The van der Waals surface area contributed by atoms with Crippen molar-refractivity contribution in [2.45, 2.75) is 38.6 Å². The summed E-state index contributed by atoms with van der Waals surface area (Å²) in [5, 5.41) is 16.6. The first-order valence-electron chi connectivity index (χ1n) is 9.66. The third-order valence-electron chi connectivity index (χ3n) is 5.19. The highest BCUT2D eigenvalue weighted by Gasteiger charge is 2.17. The van der Waals surface area contributed by atoms with E-state index in [9.17, 15) is 0 Å². The fourth-order valence-electron chi connectivity index (χ4n) is 3.82. The van der Waals surface area contributed by atoms with Gasteiger partial charge in [-0.1, -0.05) is 23.4 Å². The van der Waals surface area contributed by atoms with Crippen LogP contribution in [0.2, 0.25) is 0 Å². The SMILES string of the molecule is O/N=C/c1cc[n+](CCCNc2c3c(nc4ccccc24)CCCC3)cc1.[Br-]. The molecule has 1 aliphatic rings. The molecule has 146 valence electrons. The molecule has 0 unspecified atom stereocenters. The number of pyridine rings is 2. The van der Waals surface area contributed by atoms with Gasteiger partial charge in [0, 0.05) is 47.4 Å². The number of nitrogens with one attached hydrogen (secondary N) is 1. The molecule has 1 aliphatic carbocycles. The second kappa shape index (κ2) is 9.64. The molecule has 3 aromatic rings. The summed E-state index contributed by atoms with van der Waals surface area (Å²) in [6.07, 6.45) is 11.2. The van der Waals surface area contributed by atoms with E-state index < -0.39 is 0 Å². The normalized spacial score (nSPS) is 13.3. The minimum Gasteiger partial charge on any atom is -1.00 e. The molecular weight excluding hydrogens is 416 g/mol. The first-order chi connectivity index (χ1) is 13.3. The van der Waals surface area contributed by atoms with E-state index >= 15 is 0 Å². The maximum absolute atomic E-state index is 8.58. The zero-order valence-electron chi connectivity index (χ0n) is 15.8. The molecule has 4 rings (SSSR count). The van der Waals surface area contributed by atoms with Gasteiger partial charge < -0.3 is 27.5 Å². The average molecular weight is 441 g/mol. The van der Waals surface area contributed by atoms with E-state index in [0.29, 0.717) is 0 Å². The molecule has 0 saturated carbocycles. The molecule has 1 aromatic carbocycles. The Morgan fingerprint density at radius 2 is 1.89 bits per heavy atom. The first kappa shape index (κ1) is 20.3. The van der Waals surface area contributed by atoms with Crippen LogP contribution in [0.25, 0.3) is 10.9 Å². The van der Waals surface area contributed by atoms with Gasteiger partial charge in [-0.3, -0.25) is 4.98 Å². The number of oxime groups is 1. The number of fused-ring (bicyclic) bond motifs is 2. The van der Waals surface area contributed by atoms with E-state index in [1.165, 1.54) is 41.4 Å². The van der Waals surface area contributed by atoms with Crippen molar-refractivity contribution in [3.63, 3.8) is 0 Å². The lowest BCUT2D eigenvalue weighted by Gasteiger charge is -2.21. The molecule has 28 heavy (non-hydrogen) atoms. The Bertz CT molecular complexity index is 957. The number of aromatic nitrogens is 2. The molecule has 2 aromatic heterocycles. The summed E-state index contributed by atoms with van der Waals surface area (Å²) in [5.41, 5.74) is 5.96. The Balaban J connectivity index is 0.00000225. The van der Waals surface area contributed by atoms with Crippen LogP contribution in [0.1, 0.15) is 36.1 Å². The lowest BCUT2D eigenvalue weighted by Crippen LogP contribution is -3.00. The molecule has 0 spiro atoms. The Labute approximate surface area is 175 Å². The second-order valence-electron chi connectivity index (χ2n) is 7.03. The lowest BCUT2D eigenvalue weighted by atomic mass is 9.92. The number of benzene rings is 1. The van der Waals surface area contributed by atoms with Crippen molar-refractivity contribution in [3.8, 4) is 0 Å². The molecular formula is C22H25BrN4O. The average Bonchev–Trinajstić information content (AvgIpc) is 2.72. The van der Waals surface area contributed by atoms with Gasteiger partial charge in [0.05, 0.1) is 11.7 Å². The predicted molar refractivity (Wildman–Crippen MR) is 108 cm³/mol. The second-order valence-corrected chi connectivity index (χ2v) is 7.03. The van der Waals surface area contributed by atoms with Crippen LogP contribution in [-0.4, -0.2) is 23.0 Å². The summed E-state index contributed by atoms with van der Waals surface area (Å²) in [5.74, 6) is 0. The number of hydrogen-bond acceptors (Lipinski definition) is 4. The fraction of sp³-hybridized carbons (Fsp3) is 0.318. The van der Waals surface area contributed by atoms with Crippen molar-refractivity contribution in [2.24, 2.45) is 5.16 Å². The summed E-state index contributed by atoms with van der Waals surface area (Å²) in [6, 6.07) is 12.3. The highest BCUT2D eigenvalue weighted by atomic mass is 79.9. The topological polar surface area (TPSA) is 61.4 Å². The minimum atomic E-state index is 0. The van der Waals surface area contributed by atoms with E-state index in [4.69, 9.17) is 10.2 Å². The van der Waals surface area contributed by atoms with E-state index in [0.717, 1.165) is 43.4 Å². The van der Waals surface area contributed by atoms with Gasteiger partial charge in [0.1, 0.15) is 6.54 Å². The Morgan fingerprint density at radius 1 is 1.11 bits per heavy atom. The molecule has 2 heterocycles. The third-order valence-corrected chi connectivity index (χ3v) is 5.19. The van der Waals surface area contributed by atoms with Crippen molar-refractivity contribution < 1.29 is 26.8 Å². The number of rotatable bonds is 6. The monoisotopic (exact) mass is 440 g/mol. The smallest absolute Gasteiger partial charge is 0.169 e. The summed E-state index contributed by atoms with van der Waals surface area (Å²) in [7, 11) is 0. The molecule has 0 radical (unpaired) electrons. The first-order valence-corrected chi connectivity index (χ1v) is 9.66. The Morgan fingerprint density at radius 3 is 2.71 bits per heavy atom. The molecule has 0 amide bonds. The number of anilines is 1. The van der Waals surface area contributed by atoms with Crippen LogP contribution >= 0.6 is 0 Å². The van der Waals surface area contributed by atoms with Crippen LogP contribution in [0.3, 0.4) is 0 Å². The van der Waals surface area contributed by atoms with Crippen molar-refractivity contribution in [1.29, 1.82) is 0 Å². The molecule has 0 aliphatic heterocycles. The van der Waals surface area contributed by atoms with Crippen LogP contribution in [0.5, 0.6) is 0 Å². The standard InChI is InChI=1S/C22H24N4O.BrH/c27-24-16-17-10-14-26(15-11-17)13-5-12-23-22-18-6-1-3-8-20(18)25-21-9-4-2-7-19(21)22;/h1,3,6,8,10-11,14-16H,2,4-5,7,9,12-13H2,(H,23,25);1H. The molecule has 6 heteroatoms. The van der Waals surface area contributed by atoms with Crippen molar-refractivity contribution in [1.82, 2.24) is 4.98 Å². The quantitative estimate of drug-likeness (QED) is 0.195. The third kappa shape index (κ3) is 4.50. The van der Waals surface area contributed by atoms with Crippen molar-refractivity contribution >= 4 is 22.8 Å². The zero-order chi connectivity index (χ0) is 18.5. The number of halogens is 1. The van der Waals surface area contributed by atoms with E-state index in [-0.39, 0.29) is 17.0 Å². The maximum atomic E-state index is 8.58. The van der Waals surface area contributed by atoms with Gasteiger partial charge in [-0.2, -0.15) is 0 Å².